The molecule has 1 saturated heterocycles. The lowest BCUT2D eigenvalue weighted by Crippen LogP contribution is -2.65. The summed E-state index contributed by atoms with van der Waals surface area (Å²) < 4.78 is 16.9. The Morgan fingerprint density at radius 2 is 1.14 bits per heavy atom. The van der Waals surface area contributed by atoms with Crippen LogP contribution < -0.4 is 16.0 Å². The van der Waals surface area contributed by atoms with Crippen LogP contribution in [0.3, 0.4) is 0 Å². The van der Waals surface area contributed by atoms with E-state index >= 15 is 0 Å². The third-order valence-electron chi connectivity index (χ3n) is 13.4. The molecule has 16 heteroatoms. The van der Waals surface area contributed by atoms with Gasteiger partial charge in [0.1, 0.15) is 37.9 Å². The van der Waals surface area contributed by atoms with Gasteiger partial charge in [-0.05, 0) is 95.3 Å². The lowest BCUT2D eigenvalue weighted by molar-refractivity contribution is -0.151. The van der Waals surface area contributed by atoms with Crippen molar-refractivity contribution in [3.05, 3.63) is 154 Å². The van der Waals surface area contributed by atoms with E-state index in [1.807, 2.05) is 97.1 Å². The maximum atomic E-state index is 14.8. The van der Waals surface area contributed by atoms with Crippen LogP contribution >= 0.6 is 11.6 Å². The van der Waals surface area contributed by atoms with E-state index in [0.717, 1.165) is 50.1 Å². The fourth-order valence-electron chi connectivity index (χ4n) is 9.78. The van der Waals surface area contributed by atoms with Crippen LogP contribution in [-0.4, -0.2) is 115 Å². The SMILES string of the molecule is C[C@H](NC(=O)OCC1c2ccccc2-c2ccccc21)C(=O)N[C@@H](COC(=O)[C@H](C)NC(=O)OCC1c2ccccc2-c2ccccc21)C(=O)N(C)[C@@]1(Cc2ccc(Cl)cc2)CCCN(C(=O)O)C1. The first-order valence-electron chi connectivity index (χ1n) is 22.9. The number of benzene rings is 5. The lowest BCUT2D eigenvalue weighted by Gasteiger charge is -2.48. The van der Waals surface area contributed by atoms with E-state index in [0.29, 0.717) is 17.9 Å². The number of carboxylic acid groups (broad SMARTS) is 1. The number of nitrogens with zero attached hydrogens (tertiary/aromatic N) is 2. The average molecular weight is 956 g/mol. The highest BCUT2D eigenvalue weighted by Crippen LogP contribution is 2.46. The number of rotatable bonds is 15. The number of ether oxygens (including phenoxy) is 3. The van der Waals surface area contributed by atoms with Crippen molar-refractivity contribution >= 4 is 47.7 Å². The molecule has 8 rings (SSSR count). The number of halogens is 1. The Kier molecular flexibility index (Phi) is 14.5. The Balaban J connectivity index is 0.944. The highest BCUT2D eigenvalue weighted by atomic mass is 35.5. The molecule has 69 heavy (non-hydrogen) atoms. The number of hydrogen-bond donors (Lipinski definition) is 4. The topological polar surface area (TPSA) is 193 Å². The maximum absolute atomic E-state index is 14.8. The van der Waals surface area contributed by atoms with Crippen molar-refractivity contribution in [1.29, 1.82) is 0 Å². The van der Waals surface area contributed by atoms with Crippen LogP contribution in [0.4, 0.5) is 14.4 Å². The van der Waals surface area contributed by atoms with Crippen LogP contribution in [0.5, 0.6) is 0 Å². The summed E-state index contributed by atoms with van der Waals surface area (Å²) in [6, 6.07) is 34.5. The maximum Gasteiger partial charge on any atom is 0.407 e. The molecule has 5 amide bonds. The molecule has 4 N–H and O–H groups in total. The highest BCUT2D eigenvalue weighted by Gasteiger charge is 2.45. The third-order valence-corrected chi connectivity index (χ3v) is 13.7. The van der Waals surface area contributed by atoms with Gasteiger partial charge in [0.15, 0.2) is 0 Å². The van der Waals surface area contributed by atoms with E-state index < -0.39 is 66.3 Å². The number of carbonyl (C=O) groups is 6. The van der Waals surface area contributed by atoms with Gasteiger partial charge in [0.05, 0.1) is 5.54 Å². The quantitative estimate of drug-likeness (QED) is 0.0596. The summed E-state index contributed by atoms with van der Waals surface area (Å²) in [5, 5.41) is 18.3. The molecule has 0 unspecified atom stereocenters. The van der Waals surface area contributed by atoms with Crippen LogP contribution in [0.15, 0.2) is 121 Å². The minimum atomic E-state index is -1.53. The minimum Gasteiger partial charge on any atom is -0.465 e. The predicted octanol–water partition coefficient (Wildman–Crippen LogP) is 7.74. The van der Waals surface area contributed by atoms with Crippen LogP contribution in [0.25, 0.3) is 22.3 Å². The number of nitrogens with one attached hydrogen (secondary N) is 3. The van der Waals surface area contributed by atoms with Crippen molar-refractivity contribution in [2.75, 3.05) is 40.0 Å². The van der Waals surface area contributed by atoms with Crippen molar-refractivity contribution in [3.8, 4) is 22.3 Å². The summed E-state index contributed by atoms with van der Waals surface area (Å²) in [5.41, 5.74) is 7.97. The molecule has 0 saturated carbocycles. The summed E-state index contributed by atoms with van der Waals surface area (Å²) in [6.07, 6.45) is -1.80. The molecule has 0 bridgehead atoms. The molecule has 4 atom stereocenters. The molecule has 0 spiro atoms. The van der Waals surface area contributed by atoms with Crippen molar-refractivity contribution in [1.82, 2.24) is 25.8 Å². The molecule has 1 aliphatic heterocycles. The van der Waals surface area contributed by atoms with Gasteiger partial charge in [0.2, 0.25) is 11.8 Å². The van der Waals surface area contributed by atoms with Crippen LogP contribution in [0.1, 0.15) is 66.3 Å². The standard InChI is InChI=1S/C53H54ClN5O10/c1-32(55-50(63)68-28-44-40-17-8-4-13-36(40)37-14-5-9-18-41(37)44)47(60)57-46(48(61)58(3)53(25-12-26-59(31-53)52(65)66)27-34-21-23-35(54)24-22-34)30-67-49(62)33(2)56-51(64)69-29-45-42-19-10-6-15-38(42)39-16-7-11-20-43(39)45/h4-11,13-24,32-33,44-46H,12,25-31H2,1-3H3,(H,55,63)(H,56,64)(H,57,60)(H,65,66)/t32-,33-,46-,53+/m0/s1. The van der Waals surface area contributed by atoms with Gasteiger partial charge in [0.25, 0.3) is 0 Å². The number of fused-ring (bicyclic) bond motifs is 6. The predicted molar refractivity (Wildman–Crippen MR) is 258 cm³/mol. The first-order valence-corrected chi connectivity index (χ1v) is 23.3. The van der Waals surface area contributed by atoms with Gasteiger partial charge in [-0.15, -0.1) is 0 Å². The normalized spacial score (nSPS) is 17.1. The first-order chi connectivity index (χ1) is 33.2. The minimum absolute atomic E-state index is 0.00137. The van der Waals surface area contributed by atoms with Crippen molar-refractivity contribution < 1.29 is 48.1 Å². The van der Waals surface area contributed by atoms with Gasteiger partial charge < -0.3 is 45.1 Å². The zero-order valence-corrected chi connectivity index (χ0v) is 39.2. The number of piperidine rings is 1. The van der Waals surface area contributed by atoms with Crippen LogP contribution in [-0.2, 0) is 35.0 Å². The molecule has 15 nitrogen and oxygen atoms in total. The first kappa shape index (κ1) is 48.1. The van der Waals surface area contributed by atoms with Gasteiger partial charge in [-0.25, -0.2) is 19.2 Å². The van der Waals surface area contributed by atoms with Crippen LogP contribution in [0.2, 0.25) is 5.02 Å². The zero-order chi connectivity index (χ0) is 48.8. The molecule has 0 aromatic heterocycles. The Morgan fingerprint density at radius 1 is 0.681 bits per heavy atom. The van der Waals surface area contributed by atoms with Crippen LogP contribution in [0, 0.1) is 0 Å². The van der Waals surface area contributed by atoms with E-state index in [2.05, 4.69) is 16.0 Å². The molecule has 3 aliphatic rings. The van der Waals surface area contributed by atoms with Gasteiger partial charge in [0, 0.05) is 37.0 Å². The van der Waals surface area contributed by atoms with E-state index in [4.69, 9.17) is 25.8 Å². The summed E-state index contributed by atoms with van der Waals surface area (Å²) in [6.45, 7) is 2.36. The van der Waals surface area contributed by atoms with Gasteiger partial charge in [-0.1, -0.05) is 121 Å². The molecule has 0 radical (unpaired) electrons. The number of likely N-dealkylation sites (N-methyl/N-ethyl adjacent to an activating group) is 1. The van der Waals surface area contributed by atoms with E-state index in [9.17, 15) is 33.9 Å². The summed E-state index contributed by atoms with van der Waals surface area (Å²) in [4.78, 5) is 83.6. The number of amides is 5. The van der Waals surface area contributed by atoms with E-state index in [-0.39, 0.29) is 44.6 Å². The summed E-state index contributed by atoms with van der Waals surface area (Å²) in [5.74, 6) is -2.85. The third kappa shape index (κ3) is 10.5. The second-order valence-electron chi connectivity index (χ2n) is 17.8. The van der Waals surface area contributed by atoms with E-state index in [1.165, 1.54) is 30.7 Å². The van der Waals surface area contributed by atoms with Crippen molar-refractivity contribution in [3.63, 3.8) is 0 Å². The Morgan fingerprint density at radius 3 is 1.62 bits per heavy atom. The van der Waals surface area contributed by atoms with Gasteiger partial charge in [-0.2, -0.15) is 0 Å². The Hall–Kier alpha value is -7.39. The monoisotopic (exact) mass is 955 g/mol. The molecule has 1 fully saturated rings. The molecule has 2 aliphatic carbocycles. The molecule has 5 aromatic rings. The van der Waals surface area contributed by atoms with E-state index in [1.54, 1.807) is 24.3 Å². The smallest absolute Gasteiger partial charge is 0.407 e. The van der Waals surface area contributed by atoms with Gasteiger partial charge in [-0.3, -0.25) is 9.59 Å². The number of likely N-dealkylation sites (tertiary alicyclic amines) is 1. The molecule has 5 aromatic carbocycles. The molecular weight excluding hydrogens is 902 g/mol. The lowest BCUT2D eigenvalue weighted by atomic mass is 9.81. The highest BCUT2D eigenvalue weighted by molar-refractivity contribution is 6.30. The second kappa shape index (κ2) is 20.9. The molecule has 1 heterocycles. The fraction of sp³-hybridized carbons (Fsp3) is 0.321. The Labute approximate surface area is 405 Å². The zero-order valence-electron chi connectivity index (χ0n) is 38.5. The summed E-state index contributed by atoms with van der Waals surface area (Å²) >= 11 is 6.19. The average Bonchev–Trinajstić information content (AvgIpc) is 3.86. The second-order valence-corrected chi connectivity index (χ2v) is 18.2. The summed E-state index contributed by atoms with van der Waals surface area (Å²) in [7, 11) is 1.52. The Bertz CT molecular complexity index is 2660. The number of hydrogen-bond acceptors (Lipinski definition) is 9. The van der Waals surface area contributed by atoms with Gasteiger partial charge >= 0.3 is 24.2 Å². The molecular formula is C53H54ClN5O10. The molecule has 358 valence electrons. The largest absolute Gasteiger partial charge is 0.465 e. The number of carbonyl (C=O) groups excluding carboxylic acids is 5. The fourth-order valence-corrected chi connectivity index (χ4v) is 9.91. The van der Waals surface area contributed by atoms with Crippen molar-refractivity contribution in [2.45, 2.75) is 68.6 Å². The van der Waals surface area contributed by atoms with Crippen molar-refractivity contribution in [2.24, 2.45) is 0 Å². The number of alkyl carbamates (subject to hydrolysis) is 2. The number of esters is 1.